The van der Waals surface area contributed by atoms with Gasteiger partial charge in [0.1, 0.15) is 17.7 Å². The molecule has 0 spiro atoms. The van der Waals surface area contributed by atoms with Gasteiger partial charge < -0.3 is 19.5 Å². The number of hydrogen-bond acceptors (Lipinski definition) is 7. The summed E-state index contributed by atoms with van der Waals surface area (Å²) in [4.78, 5) is 24.2. The zero-order chi connectivity index (χ0) is 28.6. The second-order valence-corrected chi connectivity index (χ2v) is 11.3. The first-order valence-electron chi connectivity index (χ1n) is 11.7. The van der Waals surface area contributed by atoms with Gasteiger partial charge in [-0.15, -0.1) is 0 Å². The maximum absolute atomic E-state index is 13.5. The van der Waals surface area contributed by atoms with Crippen molar-refractivity contribution < 1.29 is 49.8 Å². The highest BCUT2D eigenvalue weighted by Gasteiger charge is 2.51. The highest BCUT2D eigenvalue weighted by Crippen LogP contribution is 2.39. The molecule has 15 heteroatoms. The van der Waals surface area contributed by atoms with Gasteiger partial charge in [0.15, 0.2) is 0 Å². The molecule has 2 aliphatic heterocycles. The number of rotatable bonds is 7. The number of carbonyl (C=O) groups excluding carboxylic acids is 2. The molecule has 0 aliphatic carbocycles. The van der Waals surface area contributed by atoms with Crippen LogP contribution in [-0.4, -0.2) is 64.6 Å². The van der Waals surface area contributed by atoms with E-state index < -0.39 is 39.8 Å². The van der Waals surface area contributed by atoms with Crippen LogP contribution in [0.4, 0.5) is 33.7 Å². The molecule has 1 unspecified atom stereocenters. The van der Waals surface area contributed by atoms with E-state index >= 15 is 0 Å². The van der Waals surface area contributed by atoms with Crippen LogP contribution in [0.15, 0.2) is 47.4 Å². The third kappa shape index (κ3) is 6.19. The second kappa shape index (κ2) is 10.5. The van der Waals surface area contributed by atoms with Crippen molar-refractivity contribution in [1.82, 2.24) is 5.32 Å². The van der Waals surface area contributed by atoms with Crippen molar-refractivity contribution in [1.29, 1.82) is 0 Å². The summed E-state index contributed by atoms with van der Waals surface area (Å²) in [7, 11) is -4.31. The number of anilines is 2. The topological polar surface area (TPSA) is 123 Å². The standard InChI is InChI=1S/C24H25F4N3O7S/c1-23(2,24(26,27)28)38-22(33)30-16-5-8-20-19(9-16)31(39(34,35)18-6-3-15(25)4-7-18)11-17(37-20)10-29-21(32)14-12-36-13-14/h3-9,14,17H,10-13H2,1-2H3,(H,29,32)(H,30,33). The summed E-state index contributed by atoms with van der Waals surface area (Å²) < 4.78 is 96.2. The van der Waals surface area contributed by atoms with Crippen LogP contribution in [-0.2, 0) is 24.3 Å². The molecule has 2 aromatic carbocycles. The lowest BCUT2D eigenvalue weighted by Crippen LogP contribution is -2.50. The maximum Gasteiger partial charge on any atom is 0.427 e. The number of ether oxygens (including phenoxy) is 3. The zero-order valence-corrected chi connectivity index (χ0v) is 21.6. The van der Waals surface area contributed by atoms with Crippen LogP contribution in [0.25, 0.3) is 0 Å². The summed E-state index contributed by atoms with van der Waals surface area (Å²) in [5.41, 5.74) is -2.89. The second-order valence-electron chi connectivity index (χ2n) is 9.41. The SMILES string of the molecule is CC(C)(OC(=O)Nc1ccc2c(c1)N(S(=O)(=O)c1ccc(F)cc1)CC(CNC(=O)C1COC1)O2)C(F)(F)F. The highest BCUT2D eigenvalue weighted by molar-refractivity contribution is 7.92. The molecule has 0 aromatic heterocycles. The molecule has 212 valence electrons. The predicted molar refractivity (Wildman–Crippen MR) is 129 cm³/mol. The number of alkyl halides is 3. The summed E-state index contributed by atoms with van der Waals surface area (Å²) in [5.74, 6) is -1.17. The minimum Gasteiger partial charge on any atom is -0.484 e. The lowest BCUT2D eigenvalue weighted by molar-refractivity contribution is -0.242. The van der Waals surface area contributed by atoms with Gasteiger partial charge in [0, 0.05) is 5.69 Å². The Bertz CT molecular complexity index is 1350. The molecule has 2 heterocycles. The van der Waals surface area contributed by atoms with Crippen LogP contribution in [0, 0.1) is 11.7 Å². The van der Waals surface area contributed by atoms with Gasteiger partial charge in [-0.25, -0.2) is 17.6 Å². The Labute approximate surface area is 221 Å². The van der Waals surface area contributed by atoms with E-state index in [-0.39, 0.29) is 60.1 Å². The minimum atomic E-state index is -4.83. The Kier molecular flexibility index (Phi) is 7.67. The third-order valence-electron chi connectivity index (χ3n) is 6.08. The lowest BCUT2D eigenvalue weighted by atomic mass is 10.1. The van der Waals surface area contributed by atoms with Crippen LogP contribution >= 0.6 is 0 Å². The van der Waals surface area contributed by atoms with Crippen molar-refractivity contribution in [3.8, 4) is 5.75 Å². The molecular weight excluding hydrogens is 550 g/mol. The molecule has 2 aromatic rings. The molecule has 2 aliphatic rings. The third-order valence-corrected chi connectivity index (χ3v) is 7.88. The molecule has 0 radical (unpaired) electrons. The molecule has 0 saturated carbocycles. The Balaban J connectivity index is 1.60. The summed E-state index contributed by atoms with van der Waals surface area (Å²) >= 11 is 0. The fourth-order valence-electron chi connectivity index (χ4n) is 3.64. The van der Waals surface area contributed by atoms with Gasteiger partial charge in [0.25, 0.3) is 10.0 Å². The predicted octanol–water partition coefficient (Wildman–Crippen LogP) is 3.43. The molecule has 4 rings (SSSR count). The highest BCUT2D eigenvalue weighted by atomic mass is 32.2. The molecule has 2 N–H and O–H groups in total. The van der Waals surface area contributed by atoms with E-state index in [2.05, 4.69) is 15.4 Å². The van der Waals surface area contributed by atoms with Crippen molar-refractivity contribution in [3.05, 3.63) is 48.3 Å². The van der Waals surface area contributed by atoms with Crippen molar-refractivity contribution in [2.75, 3.05) is 35.9 Å². The quantitative estimate of drug-likeness (QED) is 0.485. The summed E-state index contributed by atoms with van der Waals surface area (Å²) in [6, 6.07) is 7.90. The van der Waals surface area contributed by atoms with Crippen molar-refractivity contribution in [3.63, 3.8) is 0 Å². The summed E-state index contributed by atoms with van der Waals surface area (Å²) in [6.45, 7) is 1.61. The molecule has 10 nitrogen and oxygen atoms in total. The van der Waals surface area contributed by atoms with E-state index in [0.717, 1.165) is 28.6 Å². The Hall–Kier alpha value is -3.59. The first-order valence-corrected chi connectivity index (χ1v) is 13.1. The van der Waals surface area contributed by atoms with Crippen molar-refractivity contribution >= 4 is 33.4 Å². The number of carbonyl (C=O) groups is 2. The van der Waals surface area contributed by atoms with Crippen molar-refractivity contribution in [2.45, 2.75) is 36.6 Å². The fraction of sp³-hybridized carbons (Fsp3) is 0.417. The van der Waals surface area contributed by atoms with Crippen molar-refractivity contribution in [2.24, 2.45) is 5.92 Å². The van der Waals surface area contributed by atoms with E-state index in [1.54, 1.807) is 0 Å². The largest absolute Gasteiger partial charge is 0.484 e. The van der Waals surface area contributed by atoms with Crippen LogP contribution in [0.1, 0.15) is 13.8 Å². The van der Waals surface area contributed by atoms with Gasteiger partial charge in [-0.05, 0) is 56.3 Å². The molecule has 1 atom stereocenters. The number of nitrogens with one attached hydrogen (secondary N) is 2. The van der Waals surface area contributed by atoms with E-state index in [1.165, 1.54) is 18.2 Å². The zero-order valence-electron chi connectivity index (χ0n) is 20.7. The normalized spacial score (nSPS) is 17.9. The van der Waals surface area contributed by atoms with Crippen LogP contribution in [0.2, 0.25) is 0 Å². The Morgan fingerprint density at radius 2 is 1.77 bits per heavy atom. The van der Waals surface area contributed by atoms with E-state index in [4.69, 9.17) is 9.47 Å². The van der Waals surface area contributed by atoms with E-state index in [9.17, 15) is 35.6 Å². The average molecular weight is 576 g/mol. The van der Waals surface area contributed by atoms with Gasteiger partial charge in [-0.3, -0.25) is 14.4 Å². The Morgan fingerprint density at radius 3 is 2.36 bits per heavy atom. The monoisotopic (exact) mass is 575 g/mol. The molecule has 0 bridgehead atoms. The number of fused-ring (bicyclic) bond motifs is 1. The van der Waals surface area contributed by atoms with Gasteiger partial charge in [-0.1, -0.05) is 0 Å². The molecule has 39 heavy (non-hydrogen) atoms. The molecule has 1 fully saturated rings. The van der Waals surface area contributed by atoms with E-state index in [1.807, 2.05) is 0 Å². The first-order chi connectivity index (χ1) is 18.2. The van der Waals surface area contributed by atoms with Crippen LogP contribution < -0.4 is 19.7 Å². The molecule has 1 saturated heterocycles. The number of halogens is 4. The maximum atomic E-state index is 13.5. The van der Waals surface area contributed by atoms with Gasteiger partial charge >= 0.3 is 12.3 Å². The molecule has 2 amide bonds. The van der Waals surface area contributed by atoms with Gasteiger partial charge in [0.05, 0.1) is 42.8 Å². The van der Waals surface area contributed by atoms with Crippen LogP contribution in [0.3, 0.4) is 0 Å². The number of benzene rings is 2. The number of amides is 2. The summed E-state index contributed by atoms with van der Waals surface area (Å²) in [6.07, 6.45) is -7.07. The smallest absolute Gasteiger partial charge is 0.427 e. The number of sulfonamides is 1. The fourth-order valence-corrected chi connectivity index (χ4v) is 5.13. The number of nitrogens with zero attached hydrogens (tertiary/aromatic N) is 1. The van der Waals surface area contributed by atoms with Gasteiger partial charge in [0.2, 0.25) is 11.5 Å². The van der Waals surface area contributed by atoms with Crippen LogP contribution in [0.5, 0.6) is 5.75 Å². The molecular formula is C24H25F4N3O7S. The Morgan fingerprint density at radius 1 is 1.10 bits per heavy atom. The van der Waals surface area contributed by atoms with E-state index in [0.29, 0.717) is 13.8 Å². The average Bonchev–Trinajstić information content (AvgIpc) is 2.80. The number of hydrogen-bond donors (Lipinski definition) is 2. The summed E-state index contributed by atoms with van der Waals surface area (Å²) in [5, 5.41) is 4.85. The minimum absolute atomic E-state index is 0.0386. The van der Waals surface area contributed by atoms with Gasteiger partial charge in [-0.2, -0.15) is 13.2 Å². The first kappa shape index (κ1) is 28.4. The lowest BCUT2D eigenvalue weighted by Gasteiger charge is -2.36.